The molecule has 35 heavy (non-hydrogen) atoms. The zero-order valence-corrected chi connectivity index (χ0v) is 22.7. The van der Waals surface area contributed by atoms with Crippen molar-refractivity contribution >= 4 is 34.9 Å². The topological polar surface area (TPSA) is 97.0 Å². The second-order valence-electron chi connectivity index (χ2n) is 7.26. The molecule has 4 rings (SSSR count). The third-order valence-corrected chi connectivity index (χ3v) is 4.70. The van der Waals surface area contributed by atoms with E-state index in [1.165, 1.54) is 26.2 Å². The van der Waals surface area contributed by atoms with E-state index in [0.29, 0.717) is 16.7 Å². The molecule has 1 radical (unpaired) electrons. The number of ether oxygens (including phenoxy) is 1. The summed E-state index contributed by atoms with van der Waals surface area (Å²) in [4.78, 5) is 21.3. The third-order valence-electron chi connectivity index (χ3n) is 4.70. The fraction of sp³-hybridized carbons (Fsp3) is 0.107. The van der Waals surface area contributed by atoms with Crippen LogP contribution in [-0.2, 0) is 42.2 Å². The number of carboxylic acid groups (broad SMARTS) is 1. The summed E-state index contributed by atoms with van der Waals surface area (Å²) in [5.74, 6) is -0.811. The maximum atomic E-state index is 11.4. The van der Waals surface area contributed by atoms with Gasteiger partial charge in [-0.15, -0.1) is 0 Å². The first-order valence-corrected chi connectivity index (χ1v) is 10.2. The summed E-state index contributed by atoms with van der Waals surface area (Å²) in [6.07, 6.45) is 3.86. The first-order valence-electron chi connectivity index (χ1n) is 10.2. The smallest absolute Gasteiger partial charge is 0.339 e. The number of hydrogen-bond donors (Lipinski definition) is 2. The summed E-state index contributed by atoms with van der Waals surface area (Å²) in [7, 11) is 1.50. The van der Waals surface area contributed by atoms with Crippen molar-refractivity contribution in [3.8, 4) is 17.1 Å². The Morgan fingerprint density at radius 3 is 2.09 bits per heavy atom. The molecule has 0 aliphatic rings. The maximum Gasteiger partial charge on any atom is 0.339 e. The van der Waals surface area contributed by atoms with E-state index < -0.39 is 5.97 Å². The van der Waals surface area contributed by atoms with E-state index in [9.17, 15) is 19.8 Å². The van der Waals surface area contributed by atoms with Gasteiger partial charge in [-0.25, -0.2) is 4.79 Å². The molecule has 0 bridgehead atoms. The van der Waals surface area contributed by atoms with Crippen molar-refractivity contribution < 1.29 is 61.7 Å². The molecule has 0 unspecified atom stereocenters. The Labute approximate surface area is 230 Å². The van der Waals surface area contributed by atoms with E-state index >= 15 is 0 Å². The second kappa shape index (κ2) is 14.4. The van der Waals surface area contributed by atoms with Gasteiger partial charge in [0.25, 0.3) is 0 Å². The molecule has 0 amide bonds. The molecule has 0 spiro atoms. The largest absolute Gasteiger partial charge is 0.507 e. The van der Waals surface area contributed by atoms with Crippen LogP contribution in [0.15, 0.2) is 77.2 Å². The summed E-state index contributed by atoms with van der Waals surface area (Å²) < 4.78 is 10.4. The Morgan fingerprint density at radius 2 is 1.57 bits per heavy atom. The minimum Gasteiger partial charge on any atom is -0.507 e. The van der Waals surface area contributed by atoms with Gasteiger partial charge in [-0.3, -0.25) is 4.79 Å². The SMILES string of the molecule is COCC(C)=O.O=C(O)c1cc2c(/C=C\c3ccccc3)c(-c3ccccc3)oc2cc1O.[CH3-].[Y]. The zero-order valence-electron chi connectivity index (χ0n) is 19.9. The average Bonchev–Trinajstić information content (AvgIpc) is 3.15. The van der Waals surface area contributed by atoms with Gasteiger partial charge in [0.2, 0.25) is 0 Å². The molecule has 0 saturated heterocycles. The normalized spacial score (nSPS) is 10.1. The molecule has 0 fully saturated rings. The van der Waals surface area contributed by atoms with Crippen molar-refractivity contribution in [1.29, 1.82) is 0 Å². The Kier molecular flexibility index (Phi) is 12.3. The fourth-order valence-corrected chi connectivity index (χ4v) is 3.24. The quantitative estimate of drug-likeness (QED) is 0.273. The number of aromatic carboxylic acids is 1. The minimum absolute atomic E-state index is 0. The first kappa shape index (κ1) is 30.0. The van der Waals surface area contributed by atoms with Crippen LogP contribution in [0.5, 0.6) is 5.75 Å². The molecular formula is C28H27O6Y-. The van der Waals surface area contributed by atoms with Gasteiger partial charge in [0, 0.05) is 62.4 Å². The average molecular weight is 548 g/mol. The Bertz CT molecular complexity index is 1280. The third kappa shape index (κ3) is 7.99. The van der Waals surface area contributed by atoms with Gasteiger partial charge >= 0.3 is 5.97 Å². The number of hydrogen-bond acceptors (Lipinski definition) is 5. The van der Waals surface area contributed by atoms with Crippen molar-refractivity contribution in [1.82, 2.24) is 0 Å². The van der Waals surface area contributed by atoms with Crippen LogP contribution in [0.3, 0.4) is 0 Å². The Morgan fingerprint density at radius 1 is 0.971 bits per heavy atom. The molecule has 179 valence electrons. The Balaban J connectivity index is 0.000000686. The number of methoxy groups -OCH3 is 1. The predicted molar refractivity (Wildman–Crippen MR) is 135 cm³/mol. The summed E-state index contributed by atoms with van der Waals surface area (Å²) in [6.45, 7) is 1.73. The molecule has 7 heteroatoms. The molecule has 0 aliphatic heterocycles. The van der Waals surface area contributed by atoms with Crippen molar-refractivity contribution in [2.75, 3.05) is 13.7 Å². The van der Waals surface area contributed by atoms with Crippen LogP contribution in [0.2, 0.25) is 0 Å². The van der Waals surface area contributed by atoms with Crippen LogP contribution in [0.4, 0.5) is 0 Å². The van der Waals surface area contributed by atoms with Gasteiger partial charge < -0.3 is 26.8 Å². The number of aromatic hydroxyl groups is 1. The van der Waals surface area contributed by atoms with E-state index in [-0.39, 0.29) is 63.8 Å². The summed E-state index contributed by atoms with van der Waals surface area (Å²) >= 11 is 0. The van der Waals surface area contributed by atoms with E-state index in [1.807, 2.05) is 72.8 Å². The molecule has 0 aliphatic carbocycles. The van der Waals surface area contributed by atoms with Crippen molar-refractivity contribution in [3.63, 3.8) is 0 Å². The van der Waals surface area contributed by atoms with Gasteiger partial charge in [-0.05, 0) is 24.6 Å². The molecular weight excluding hydrogens is 521 g/mol. The monoisotopic (exact) mass is 548 g/mol. The van der Waals surface area contributed by atoms with Gasteiger partial charge in [-0.1, -0.05) is 66.7 Å². The fourth-order valence-electron chi connectivity index (χ4n) is 3.24. The standard InChI is InChI=1S/C23H16O4.C4H8O2.CH3.Y/c24-20-14-21-18(13-19(20)23(25)26)17(12-11-15-7-3-1-4-8-15)22(27-21)16-9-5-2-6-10-16;1-4(5)3-6-2;;/h1-14,24H,(H,25,26);3H2,1-2H3;1H3;/q;;-1;/b12-11-;;;. The number of Topliss-reactive ketones (excluding diaryl/α,β-unsaturated/α-hetero) is 1. The summed E-state index contributed by atoms with van der Waals surface area (Å²) in [5.41, 5.74) is 2.93. The summed E-state index contributed by atoms with van der Waals surface area (Å²) in [6, 6.07) is 22.2. The van der Waals surface area contributed by atoms with Gasteiger partial charge in [0.05, 0.1) is 0 Å². The number of benzene rings is 3. The molecule has 0 atom stereocenters. The second-order valence-corrected chi connectivity index (χ2v) is 7.26. The molecule has 0 saturated carbocycles. The van der Waals surface area contributed by atoms with Crippen LogP contribution in [0.25, 0.3) is 34.4 Å². The van der Waals surface area contributed by atoms with Gasteiger partial charge in [0.1, 0.15) is 29.3 Å². The minimum atomic E-state index is -1.19. The molecule has 2 N–H and O–H groups in total. The Hall–Kier alpha value is -3.06. The van der Waals surface area contributed by atoms with Crippen LogP contribution >= 0.6 is 0 Å². The van der Waals surface area contributed by atoms with Crippen LogP contribution in [-0.4, -0.2) is 35.7 Å². The number of furan rings is 1. The van der Waals surface area contributed by atoms with E-state index in [4.69, 9.17) is 4.42 Å². The number of carbonyl (C=O) groups excluding carboxylic acids is 1. The van der Waals surface area contributed by atoms with Crippen molar-refractivity contribution in [2.45, 2.75) is 6.92 Å². The number of fused-ring (bicyclic) bond motifs is 1. The number of ketones is 1. The van der Waals surface area contributed by atoms with Crippen LogP contribution < -0.4 is 0 Å². The van der Waals surface area contributed by atoms with Crippen LogP contribution in [0, 0.1) is 7.43 Å². The predicted octanol–water partition coefficient (Wildman–Crippen LogP) is 6.34. The zero-order chi connectivity index (χ0) is 23.8. The number of carbonyl (C=O) groups is 2. The van der Waals surface area contributed by atoms with Crippen LogP contribution in [0.1, 0.15) is 28.4 Å². The summed E-state index contributed by atoms with van der Waals surface area (Å²) in [5, 5.41) is 20.0. The number of rotatable bonds is 6. The van der Waals surface area contributed by atoms with E-state index in [0.717, 1.165) is 16.7 Å². The number of carboxylic acids is 1. The van der Waals surface area contributed by atoms with E-state index in [2.05, 4.69) is 4.74 Å². The van der Waals surface area contributed by atoms with Crippen molar-refractivity contribution in [3.05, 3.63) is 96.9 Å². The maximum absolute atomic E-state index is 11.4. The van der Waals surface area contributed by atoms with Gasteiger partial charge in [0.15, 0.2) is 5.78 Å². The van der Waals surface area contributed by atoms with E-state index in [1.54, 1.807) is 0 Å². The van der Waals surface area contributed by atoms with Gasteiger partial charge in [-0.2, -0.15) is 0 Å². The molecule has 1 heterocycles. The first-order chi connectivity index (χ1) is 15.9. The molecule has 3 aromatic carbocycles. The van der Waals surface area contributed by atoms with Crippen molar-refractivity contribution in [2.24, 2.45) is 0 Å². The molecule has 4 aromatic rings. The molecule has 6 nitrogen and oxygen atoms in total. The number of phenols is 1. The molecule has 1 aromatic heterocycles.